The van der Waals surface area contributed by atoms with Crippen LogP contribution in [0.3, 0.4) is 0 Å². The Balaban J connectivity index is 1.53. The molecule has 0 fully saturated rings. The number of aryl methyl sites for hydroxylation is 2. The largest absolute Gasteiger partial charge is 0.359 e. The number of hydrogen-bond acceptors (Lipinski definition) is 5. The van der Waals surface area contributed by atoms with Gasteiger partial charge in [0.25, 0.3) is 0 Å². The molecule has 0 aliphatic carbocycles. The van der Waals surface area contributed by atoms with Gasteiger partial charge in [-0.25, -0.2) is 4.79 Å². The molecule has 8 heteroatoms. The van der Waals surface area contributed by atoms with Crippen LogP contribution in [-0.4, -0.2) is 44.4 Å². The molecule has 1 atom stereocenters. The molecule has 3 heterocycles. The van der Waals surface area contributed by atoms with Gasteiger partial charge in [-0.1, -0.05) is 5.16 Å². The van der Waals surface area contributed by atoms with E-state index in [0.29, 0.717) is 18.8 Å². The summed E-state index contributed by atoms with van der Waals surface area (Å²) in [6.07, 6.45) is 3.40. The molecular formula is C19H24N6O2. The van der Waals surface area contributed by atoms with E-state index in [2.05, 4.69) is 20.6 Å². The summed E-state index contributed by atoms with van der Waals surface area (Å²) in [5.41, 5.74) is 3.69. The van der Waals surface area contributed by atoms with E-state index in [-0.39, 0.29) is 12.1 Å². The van der Waals surface area contributed by atoms with Crippen molar-refractivity contribution >= 4 is 6.03 Å². The van der Waals surface area contributed by atoms with Crippen LogP contribution in [0.2, 0.25) is 0 Å². The van der Waals surface area contributed by atoms with Crippen LogP contribution in [0.5, 0.6) is 0 Å². The van der Waals surface area contributed by atoms with Gasteiger partial charge in [0.2, 0.25) is 0 Å². The van der Waals surface area contributed by atoms with E-state index in [1.807, 2.05) is 49.7 Å². The highest BCUT2D eigenvalue weighted by Crippen LogP contribution is 2.18. The number of amides is 2. The zero-order valence-electron chi connectivity index (χ0n) is 16.0. The van der Waals surface area contributed by atoms with Crippen molar-refractivity contribution < 1.29 is 9.32 Å². The lowest BCUT2D eigenvalue weighted by Gasteiger charge is -2.19. The maximum absolute atomic E-state index is 12.4. The number of pyridine rings is 1. The molecule has 0 radical (unpaired) electrons. The minimum absolute atomic E-state index is 0.0691. The summed E-state index contributed by atoms with van der Waals surface area (Å²) in [6, 6.07) is 7.47. The molecule has 142 valence electrons. The molecular weight excluding hydrogens is 344 g/mol. The number of carbonyl (C=O) groups is 1. The van der Waals surface area contributed by atoms with Gasteiger partial charge in [-0.2, -0.15) is 5.10 Å². The average molecular weight is 368 g/mol. The minimum Gasteiger partial charge on any atom is -0.359 e. The predicted molar refractivity (Wildman–Crippen MR) is 101 cm³/mol. The molecule has 0 aliphatic rings. The Bertz CT molecular complexity index is 902. The number of urea groups is 1. The number of aromatic nitrogens is 4. The van der Waals surface area contributed by atoms with E-state index in [0.717, 1.165) is 22.6 Å². The van der Waals surface area contributed by atoms with Crippen LogP contribution in [0.4, 0.5) is 4.79 Å². The number of hydrogen-bond donors (Lipinski definition) is 1. The van der Waals surface area contributed by atoms with Gasteiger partial charge >= 0.3 is 6.03 Å². The van der Waals surface area contributed by atoms with Gasteiger partial charge in [0, 0.05) is 43.3 Å². The first-order valence-corrected chi connectivity index (χ1v) is 8.81. The van der Waals surface area contributed by atoms with Crippen LogP contribution in [0, 0.1) is 13.8 Å². The Hall–Kier alpha value is -3.16. The van der Waals surface area contributed by atoms with Crippen molar-refractivity contribution in [2.45, 2.75) is 33.4 Å². The van der Waals surface area contributed by atoms with Crippen molar-refractivity contribution in [3.63, 3.8) is 0 Å². The van der Waals surface area contributed by atoms with Gasteiger partial charge in [-0.05, 0) is 39.0 Å². The summed E-state index contributed by atoms with van der Waals surface area (Å²) in [7, 11) is 1.72. The summed E-state index contributed by atoms with van der Waals surface area (Å²) >= 11 is 0. The highest BCUT2D eigenvalue weighted by Gasteiger charge is 2.15. The van der Waals surface area contributed by atoms with E-state index in [1.165, 1.54) is 0 Å². The van der Waals surface area contributed by atoms with Crippen molar-refractivity contribution in [1.82, 2.24) is 30.1 Å². The molecule has 0 spiro atoms. The van der Waals surface area contributed by atoms with Crippen molar-refractivity contribution in [3.05, 3.63) is 53.8 Å². The standard InChI is InChI=1S/C19H24N6O2/c1-13-9-14(2)25(22-13)15(3)11-21-19(26)24(4)12-17-10-18(23-27-17)16-5-7-20-8-6-16/h5-10,15H,11-12H2,1-4H3,(H,21,26)/t15-/m1/s1. The van der Waals surface area contributed by atoms with Crippen LogP contribution in [0.15, 0.2) is 41.2 Å². The van der Waals surface area contributed by atoms with Crippen LogP contribution < -0.4 is 5.32 Å². The van der Waals surface area contributed by atoms with Gasteiger partial charge in [0.1, 0.15) is 5.69 Å². The smallest absolute Gasteiger partial charge is 0.317 e. The van der Waals surface area contributed by atoms with Gasteiger partial charge < -0.3 is 14.7 Å². The summed E-state index contributed by atoms with van der Waals surface area (Å²) in [4.78, 5) is 17.9. The zero-order chi connectivity index (χ0) is 19.4. The molecule has 0 aromatic carbocycles. The second-order valence-corrected chi connectivity index (χ2v) is 6.68. The SMILES string of the molecule is Cc1cc(C)n([C@H](C)CNC(=O)N(C)Cc2cc(-c3ccncc3)no2)n1. The Labute approximate surface area is 158 Å². The van der Waals surface area contributed by atoms with Crippen LogP contribution in [0.1, 0.15) is 30.1 Å². The molecule has 3 aromatic rings. The van der Waals surface area contributed by atoms with Crippen LogP contribution in [-0.2, 0) is 6.54 Å². The highest BCUT2D eigenvalue weighted by atomic mass is 16.5. The fraction of sp³-hybridized carbons (Fsp3) is 0.368. The molecule has 3 rings (SSSR count). The van der Waals surface area contributed by atoms with Crippen molar-refractivity contribution in [2.24, 2.45) is 0 Å². The highest BCUT2D eigenvalue weighted by molar-refractivity contribution is 5.73. The van der Waals surface area contributed by atoms with E-state index in [1.54, 1.807) is 24.3 Å². The third-order valence-corrected chi connectivity index (χ3v) is 4.29. The molecule has 0 saturated carbocycles. The van der Waals surface area contributed by atoms with E-state index >= 15 is 0 Å². The fourth-order valence-corrected chi connectivity index (χ4v) is 2.90. The average Bonchev–Trinajstić information content (AvgIpc) is 3.26. The van der Waals surface area contributed by atoms with Crippen LogP contribution >= 0.6 is 0 Å². The molecule has 0 aliphatic heterocycles. The number of carbonyl (C=O) groups excluding carboxylic acids is 1. The van der Waals surface area contributed by atoms with Gasteiger partial charge in [-0.3, -0.25) is 9.67 Å². The number of nitrogens with zero attached hydrogens (tertiary/aromatic N) is 5. The lowest BCUT2D eigenvalue weighted by Crippen LogP contribution is -2.39. The van der Waals surface area contributed by atoms with Gasteiger partial charge in [0.05, 0.1) is 18.3 Å². The van der Waals surface area contributed by atoms with Crippen molar-refractivity contribution in [1.29, 1.82) is 0 Å². The number of rotatable bonds is 6. The molecule has 27 heavy (non-hydrogen) atoms. The predicted octanol–water partition coefficient (Wildman–Crippen LogP) is 2.95. The monoisotopic (exact) mass is 368 g/mol. The second kappa shape index (κ2) is 8.03. The third-order valence-electron chi connectivity index (χ3n) is 4.29. The van der Waals surface area contributed by atoms with Gasteiger partial charge in [0.15, 0.2) is 5.76 Å². The first-order chi connectivity index (χ1) is 12.9. The van der Waals surface area contributed by atoms with E-state index in [9.17, 15) is 4.79 Å². The molecule has 0 unspecified atom stereocenters. The van der Waals surface area contributed by atoms with Gasteiger partial charge in [-0.15, -0.1) is 0 Å². The van der Waals surface area contributed by atoms with Crippen molar-refractivity contribution in [3.8, 4) is 11.3 Å². The summed E-state index contributed by atoms with van der Waals surface area (Å²) < 4.78 is 7.27. The number of nitrogens with one attached hydrogen (secondary N) is 1. The molecule has 2 amide bonds. The summed E-state index contributed by atoms with van der Waals surface area (Å²) in [5, 5.41) is 11.4. The normalized spacial score (nSPS) is 12.0. The Morgan fingerprint density at radius 2 is 2.04 bits per heavy atom. The molecule has 3 aromatic heterocycles. The van der Waals surface area contributed by atoms with E-state index < -0.39 is 0 Å². The lowest BCUT2D eigenvalue weighted by atomic mass is 10.2. The third kappa shape index (κ3) is 4.52. The zero-order valence-corrected chi connectivity index (χ0v) is 16.0. The van der Waals surface area contributed by atoms with Crippen LogP contribution in [0.25, 0.3) is 11.3 Å². The molecule has 8 nitrogen and oxygen atoms in total. The topological polar surface area (TPSA) is 89.1 Å². The summed E-state index contributed by atoms with van der Waals surface area (Å²) in [5.74, 6) is 0.617. The van der Waals surface area contributed by atoms with Crippen molar-refractivity contribution in [2.75, 3.05) is 13.6 Å². The molecule has 0 saturated heterocycles. The Kier molecular flexibility index (Phi) is 5.54. The summed E-state index contributed by atoms with van der Waals surface area (Å²) in [6.45, 7) is 6.81. The molecule has 1 N–H and O–H groups in total. The first-order valence-electron chi connectivity index (χ1n) is 8.81. The maximum Gasteiger partial charge on any atom is 0.317 e. The van der Waals surface area contributed by atoms with E-state index in [4.69, 9.17) is 4.52 Å². The quantitative estimate of drug-likeness (QED) is 0.722. The Morgan fingerprint density at radius 1 is 1.30 bits per heavy atom. The maximum atomic E-state index is 12.4. The Morgan fingerprint density at radius 3 is 2.70 bits per heavy atom. The second-order valence-electron chi connectivity index (χ2n) is 6.68. The lowest BCUT2D eigenvalue weighted by molar-refractivity contribution is 0.199. The first kappa shape index (κ1) is 18.6. The minimum atomic E-state index is -0.176. The fourth-order valence-electron chi connectivity index (χ4n) is 2.90. The molecule has 0 bridgehead atoms.